The Labute approximate surface area is 170 Å². The van der Waals surface area contributed by atoms with E-state index in [4.69, 9.17) is 0 Å². The van der Waals surface area contributed by atoms with Crippen LogP contribution in [-0.2, 0) is 4.79 Å². The summed E-state index contributed by atoms with van der Waals surface area (Å²) in [6.07, 6.45) is 7.31. The number of piperidine rings is 1. The van der Waals surface area contributed by atoms with Crippen molar-refractivity contribution in [2.75, 3.05) is 24.7 Å². The Hall–Kier alpha value is -1.26. The summed E-state index contributed by atoms with van der Waals surface area (Å²) in [6.45, 7) is 7.48. The summed E-state index contributed by atoms with van der Waals surface area (Å²) >= 11 is 0. The van der Waals surface area contributed by atoms with Gasteiger partial charge in [0.05, 0.1) is 6.67 Å². The standard InChI is InChI=1S/C22H33N3O.ClH/c1-17(2)18-8-10-19(11-9-18)24-14-12-22(13-15-24)21(26)23-16-25(22)20-6-4-3-5-7-20;/h3-7,17-19H,8-16H2,1-2H3,(H,23,26);1H/t18-,19+;. The van der Waals surface area contributed by atoms with Crippen molar-refractivity contribution < 1.29 is 4.79 Å². The van der Waals surface area contributed by atoms with Gasteiger partial charge in [-0.1, -0.05) is 32.0 Å². The van der Waals surface area contributed by atoms with E-state index in [2.05, 4.69) is 53.2 Å². The molecular formula is C22H34ClN3O. The van der Waals surface area contributed by atoms with E-state index in [1.54, 1.807) is 0 Å². The molecule has 0 unspecified atom stereocenters. The lowest BCUT2D eigenvalue weighted by Gasteiger charge is -2.47. The number of rotatable bonds is 3. The maximum atomic E-state index is 12.8. The number of carbonyl (C=O) groups is 1. The average Bonchev–Trinajstić information content (AvgIpc) is 2.99. The van der Waals surface area contributed by atoms with Crippen LogP contribution >= 0.6 is 12.4 Å². The largest absolute Gasteiger partial charge is 0.339 e. The summed E-state index contributed by atoms with van der Waals surface area (Å²) in [5.74, 6) is 1.96. The topological polar surface area (TPSA) is 35.6 Å². The third-order valence-electron chi connectivity index (χ3n) is 7.23. The molecule has 1 aromatic rings. The van der Waals surface area contributed by atoms with E-state index < -0.39 is 0 Å². The summed E-state index contributed by atoms with van der Waals surface area (Å²) in [5.41, 5.74) is 0.823. The molecule has 1 N–H and O–H groups in total. The van der Waals surface area contributed by atoms with Crippen molar-refractivity contribution in [1.29, 1.82) is 0 Å². The van der Waals surface area contributed by atoms with Gasteiger partial charge in [0.15, 0.2) is 0 Å². The Bertz CT molecular complexity index is 620. The maximum absolute atomic E-state index is 12.8. The van der Waals surface area contributed by atoms with Crippen LogP contribution in [0, 0.1) is 11.8 Å². The molecular weight excluding hydrogens is 358 g/mol. The number of carbonyl (C=O) groups excluding carboxylic acids is 1. The first-order chi connectivity index (χ1) is 12.6. The SMILES string of the molecule is CC(C)[C@H]1CC[C@@H](N2CCC3(CC2)C(=O)NCN3c2ccccc2)CC1.Cl. The number of nitrogens with zero attached hydrogens (tertiary/aromatic N) is 2. The number of hydrogen-bond acceptors (Lipinski definition) is 3. The molecule has 0 bridgehead atoms. The van der Waals surface area contributed by atoms with Crippen LogP contribution in [0.2, 0.25) is 0 Å². The van der Waals surface area contributed by atoms with E-state index in [0.29, 0.717) is 6.67 Å². The molecule has 5 heteroatoms. The molecule has 1 aliphatic carbocycles. The summed E-state index contributed by atoms with van der Waals surface area (Å²) in [6, 6.07) is 11.2. The lowest BCUT2D eigenvalue weighted by molar-refractivity contribution is -0.125. The van der Waals surface area contributed by atoms with Gasteiger partial charge in [-0.25, -0.2) is 0 Å². The second kappa shape index (κ2) is 8.40. The number of nitrogens with one attached hydrogen (secondary N) is 1. The Kier molecular flexibility index (Phi) is 6.37. The van der Waals surface area contributed by atoms with Crippen LogP contribution in [0.5, 0.6) is 0 Å². The van der Waals surface area contributed by atoms with Crippen molar-refractivity contribution >= 4 is 24.0 Å². The van der Waals surface area contributed by atoms with Gasteiger partial charge in [0.2, 0.25) is 5.91 Å². The molecule has 4 rings (SSSR count). The fraction of sp³-hybridized carbons (Fsp3) is 0.682. The highest BCUT2D eigenvalue weighted by molar-refractivity contribution is 5.93. The molecule has 2 aliphatic heterocycles. The molecule has 4 nitrogen and oxygen atoms in total. The Morgan fingerprint density at radius 2 is 1.67 bits per heavy atom. The quantitative estimate of drug-likeness (QED) is 0.844. The molecule has 0 aromatic heterocycles. The Balaban J connectivity index is 0.00000210. The first kappa shape index (κ1) is 20.5. The van der Waals surface area contributed by atoms with Gasteiger partial charge in [0.1, 0.15) is 5.54 Å². The fourth-order valence-corrected chi connectivity index (χ4v) is 5.43. The number of benzene rings is 1. The van der Waals surface area contributed by atoms with E-state index in [1.807, 2.05) is 6.07 Å². The minimum atomic E-state index is -0.340. The molecule has 0 radical (unpaired) electrons. The van der Waals surface area contributed by atoms with Gasteiger partial charge in [0.25, 0.3) is 0 Å². The maximum Gasteiger partial charge on any atom is 0.247 e. The summed E-state index contributed by atoms with van der Waals surface area (Å²) < 4.78 is 0. The summed E-state index contributed by atoms with van der Waals surface area (Å²) in [5, 5.41) is 3.11. The van der Waals surface area contributed by atoms with Gasteiger partial charge >= 0.3 is 0 Å². The molecule has 3 fully saturated rings. The molecule has 1 amide bonds. The molecule has 0 atom stereocenters. The first-order valence-electron chi connectivity index (χ1n) is 10.5. The first-order valence-corrected chi connectivity index (χ1v) is 10.5. The highest BCUT2D eigenvalue weighted by Gasteiger charge is 2.50. The van der Waals surface area contributed by atoms with Gasteiger partial charge in [-0.2, -0.15) is 0 Å². The third kappa shape index (κ3) is 3.84. The highest BCUT2D eigenvalue weighted by atomic mass is 35.5. The zero-order valence-corrected chi connectivity index (χ0v) is 17.5. The van der Waals surface area contributed by atoms with Crippen molar-refractivity contribution in [1.82, 2.24) is 10.2 Å². The van der Waals surface area contributed by atoms with Crippen LogP contribution in [0.15, 0.2) is 30.3 Å². The highest BCUT2D eigenvalue weighted by Crippen LogP contribution is 2.39. The van der Waals surface area contributed by atoms with Gasteiger partial charge in [-0.05, 0) is 62.5 Å². The minimum Gasteiger partial charge on any atom is -0.339 e. The van der Waals surface area contributed by atoms with Crippen LogP contribution in [0.4, 0.5) is 5.69 Å². The van der Waals surface area contributed by atoms with Gasteiger partial charge in [-0.3, -0.25) is 4.79 Å². The second-order valence-electron chi connectivity index (χ2n) is 8.81. The van der Waals surface area contributed by atoms with Crippen molar-refractivity contribution in [2.45, 2.75) is 64.0 Å². The van der Waals surface area contributed by atoms with Crippen molar-refractivity contribution in [3.05, 3.63) is 30.3 Å². The lowest BCUT2D eigenvalue weighted by Crippen LogP contribution is -2.58. The van der Waals surface area contributed by atoms with Gasteiger partial charge in [-0.15, -0.1) is 12.4 Å². The Morgan fingerprint density at radius 3 is 2.26 bits per heavy atom. The number of anilines is 1. The summed E-state index contributed by atoms with van der Waals surface area (Å²) in [7, 11) is 0. The predicted molar refractivity (Wildman–Crippen MR) is 113 cm³/mol. The van der Waals surface area contributed by atoms with Crippen LogP contribution in [0.25, 0.3) is 0 Å². The normalized spacial score (nSPS) is 28.3. The number of likely N-dealkylation sites (tertiary alicyclic amines) is 1. The van der Waals surface area contributed by atoms with E-state index in [0.717, 1.165) is 49.5 Å². The fourth-order valence-electron chi connectivity index (χ4n) is 5.43. The third-order valence-corrected chi connectivity index (χ3v) is 7.23. The molecule has 2 heterocycles. The van der Waals surface area contributed by atoms with Crippen LogP contribution in [-0.4, -0.2) is 42.1 Å². The second-order valence-corrected chi connectivity index (χ2v) is 8.81. The Morgan fingerprint density at radius 1 is 1.04 bits per heavy atom. The van der Waals surface area contributed by atoms with Crippen molar-refractivity contribution in [3.8, 4) is 0 Å². The molecule has 1 saturated carbocycles. The van der Waals surface area contributed by atoms with Gasteiger partial charge < -0.3 is 15.1 Å². The zero-order valence-electron chi connectivity index (χ0n) is 16.7. The van der Waals surface area contributed by atoms with E-state index in [-0.39, 0.29) is 23.9 Å². The monoisotopic (exact) mass is 391 g/mol. The van der Waals surface area contributed by atoms with E-state index in [1.165, 1.54) is 25.7 Å². The number of hydrogen-bond donors (Lipinski definition) is 1. The molecule has 1 spiro atoms. The summed E-state index contributed by atoms with van der Waals surface area (Å²) in [4.78, 5) is 17.7. The van der Waals surface area contributed by atoms with Crippen LogP contribution in [0.3, 0.4) is 0 Å². The molecule has 27 heavy (non-hydrogen) atoms. The van der Waals surface area contributed by atoms with Crippen LogP contribution in [0.1, 0.15) is 52.4 Å². The van der Waals surface area contributed by atoms with E-state index in [9.17, 15) is 4.79 Å². The smallest absolute Gasteiger partial charge is 0.247 e. The number of amides is 1. The van der Waals surface area contributed by atoms with Crippen molar-refractivity contribution in [2.24, 2.45) is 11.8 Å². The average molecular weight is 392 g/mol. The van der Waals surface area contributed by atoms with Crippen molar-refractivity contribution in [3.63, 3.8) is 0 Å². The zero-order chi connectivity index (χ0) is 18.1. The predicted octanol–water partition coefficient (Wildman–Crippen LogP) is 4.05. The minimum absolute atomic E-state index is 0. The lowest BCUT2D eigenvalue weighted by atomic mass is 9.78. The van der Waals surface area contributed by atoms with E-state index >= 15 is 0 Å². The van der Waals surface area contributed by atoms with Gasteiger partial charge in [0, 0.05) is 24.8 Å². The molecule has 2 saturated heterocycles. The molecule has 1 aromatic carbocycles. The van der Waals surface area contributed by atoms with Crippen LogP contribution < -0.4 is 10.2 Å². The number of halogens is 1. The molecule has 3 aliphatic rings. The molecule has 150 valence electrons. The number of para-hydroxylation sites is 1.